The second kappa shape index (κ2) is 4.96. The molecule has 0 heterocycles. The number of carbonyl (C=O) groups is 1. The van der Waals surface area contributed by atoms with Crippen molar-refractivity contribution < 1.29 is 9.18 Å². The molecule has 1 fully saturated rings. The van der Waals surface area contributed by atoms with Crippen molar-refractivity contribution in [2.75, 3.05) is 0 Å². The average molecular weight is 235 g/mol. The number of carbonyl (C=O) groups excluding carboxylic acids is 1. The SMILES string of the molecule is Cc1ccc(F)cc1C(=O)C1CCCC(N)C1. The van der Waals surface area contributed by atoms with Gasteiger partial charge in [-0.05, 0) is 43.9 Å². The van der Waals surface area contributed by atoms with E-state index in [1.165, 1.54) is 12.1 Å². The maximum absolute atomic E-state index is 13.2. The van der Waals surface area contributed by atoms with E-state index >= 15 is 0 Å². The maximum atomic E-state index is 13.2. The number of hydrogen-bond acceptors (Lipinski definition) is 2. The van der Waals surface area contributed by atoms with Crippen LogP contribution in [0.4, 0.5) is 4.39 Å². The molecular weight excluding hydrogens is 217 g/mol. The Kier molecular flexibility index (Phi) is 3.57. The molecule has 1 aromatic carbocycles. The van der Waals surface area contributed by atoms with Crippen LogP contribution in [0.15, 0.2) is 18.2 Å². The van der Waals surface area contributed by atoms with Crippen LogP contribution in [-0.2, 0) is 0 Å². The van der Waals surface area contributed by atoms with Crippen LogP contribution >= 0.6 is 0 Å². The van der Waals surface area contributed by atoms with Crippen molar-refractivity contribution in [2.45, 2.75) is 38.6 Å². The highest BCUT2D eigenvalue weighted by atomic mass is 19.1. The molecule has 1 aliphatic carbocycles. The van der Waals surface area contributed by atoms with Crippen molar-refractivity contribution in [1.82, 2.24) is 0 Å². The largest absolute Gasteiger partial charge is 0.328 e. The van der Waals surface area contributed by atoms with E-state index in [1.54, 1.807) is 6.07 Å². The van der Waals surface area contributed by atoms with Gasteiger partial charge in [-0.2, -0.15) is 0 Å². The molecule has 0 aromatic heterocycles. The molecule has 0 spiro atoms. The molecule has 2 atom stereocenters. The standard InChI is InChI=1S/C14H18FNO/c1-9-5-6-11(15)8-13(9)14(17)10-3-2-4-12(16)7-10/h5-6,8,10,12H,2-4,7,16H2,1H3. The summed E-state index contributed by atoms with van der Waals surface area (Å²) in [6.07, 6.45) is 3.59. The van der Waals surface area contributed by atoms with Gasteiger partial charge in [-0.15, -0.1) is 0 Å². The molecule has 3 heteroatoms. The number of hydrogen-bond donors (Lipinski definition) is 1. The topological polar surface area (TPSA) is 43.1 Å². The third-order valence-electron chi connectivity index (χ3n) is 3.55. The quantitative estimate of drug-likeness (QED) is 0.801. The normalized spacial score (nSPS) is 24.6. The van der Waals surface area contributed by atoms with Gasteiger partial charge in [0.1, 0.15) is 5.82 Å². The number of halogens is 1. The smallest absolute Gasteiger partial charge is 0.166 e. The van der Waals surface area contributed by atoms with E-state index in [4.69, 9.17) is 5.73 Å². The molecule has 2 nitrogen and oxygen atoms in total. The van der Waals surface area contributed by atoms with Crippen LogP contribution in [0.1, 0.15) is 41.6 Å². The summed E-state index contributed by atoms with van der Waals surface area (Å²) in [5, 5.41) is 0. The molecule has 1 aliphatic rings. The molecule has 92 valence electrons. The summed E-state index contributed by atoms with van der Waals surface area (Å²) in [5.74, 6) is -0.324. The molecule has 1 aromatic rings. The lowest BCUT2D eigenvalue weighted by Gasteiger charge is -2.25. The molecule has 2 unspecified atom stereocenters. The van der Waals surface area contributed by atoms with Gasteiger partial charge in [0.15, 0.2) is 5.78 Å². The van der Waals surface area contributed by atoms with Gasteiger partial charge in [-0.25, -0.2) is 4.39 Å². The van der Waals surface area contributed by atoms with Crippen LogP contribution in [0.3, 0.4) is 0 Å². The molecule has 0 bridgehead atoms. The van der Waals surface area contributed by atoms with E-state index < -0.39 is 0 Å². The molecule has 0 saturated heterocycles. The van der Waals surface area contributed by atoms with Crippen molar-refractivity contribution in [3.63, 3.8) is 0 Å². The van der Waals surface area contributed by atoms with Gasteiger partial charge in [0.25, 0.3) is 0 Å². The fraction of sp³-hybridized carbons (Fsp3) is 0.500. The Balaban J connectivity index is 2.21. The van der Waals surface area contributed by atoms with Gasteiger partial charge in [0, 0.05) is 17.5 Å². The van der Waals surface area contributed by atoms with Gasteiger partial charge in [0.05, 0.1) is 0 Å². The molecule has 0 aliphatic heterocycles. The summed E-state index contributed by atoms with van der Waals surface area (Å²) in [7, 11) is 0. The van der Waals surface area contributed by atoms with Crippen LogP contribution in [0.5, 0.6) is 0 Å². The van der Waals surface area contributed by atoms with Gasteiger partial charge >= 0.3 is 0 Å². The second-order valence-electron chi connectivity index (χ2n) is 4.95. The summed E-state index contributed by atoms with van der Waals surface area (Å²) in [6.45, 7) is 1.84. The van der Waals surface area contributed by atoms with E-state index in [2.05, 4.69) is 0 Å². The van der Waals surface area contributed by atoms with E-state index in [0.29, 0.717) is 5.56 Å². The Morgan fingerprint density at radius 2 is 2.18 bits per heavy atom. The summed E-state index contributed by atoms with van der Waals surface area (Å²) in [6, 6.07) is 4.51. The van der Waals surface area contributed by atoms with Crippen molar-refractivity contribution in [1.29, 1.82) is 0 Å². The Morgan fingerprint density at radius 3 is 2.88 bits per heavy atom. The monoisotopic (exact) mass is 235 g/mol. The zero-order valence-electron chi connectivity index (χ0n) is 10.1. The molecular formula is C14H18FNO. The van der Waals surface area contributed by atoms with E-state index in [1.807, 2.05) is 6.92 Å². The summed E-state index contributed by atoms with van der Waals surface area (Å²) >= 11 is 0. The predicted octanol–water partition coefficient (Wildman–Crippen LogP) is 2.83. The van der Waals surface area contributed by atoms with Crippen LogP contribution in [0.2, 0.25) is 0 Å². The van der Waals surface area contributed by atoms with Gasteiger partial charge < -0.3 is 5.73 Å². The summed E-state index contributed by atoms with van der Waals surface area (Å²) in [5.41, 5.74) is 7.24. The number of benzene rings is 1. The first kappa shape index (κ1) is 12.2. The highest BCUT2D eigenvalue weighted by Crippen LogP contribution is 2.27. The Morgan fingerprint density at radius 1 is 1.41 bits per heavy atom. The van der Waals surface area contributed by atoms with E-state index in [9.17, 15) is 9.18 Å². The van der Waals surface area contributed by atoms with Crippen molar-refractivity contribution >= 4 is 5.78 Å². The lowest BCUT2D eigenvalue weighted by molar-refractivity contribution is 0.0880. The highest BCUT2D eigenvalue weighted by molar-refractivity contribution is 5.99. The summed E-state index contributed by atoms with van der Waals surface area (Å²) in [4.78, 5) is 12.3. The van der Waals surface area contributed by atoms with Crippen LogP contribution < -0.4 is 5.73 Å². The molecule has 2 rings (SSSR count). The Hall–Kier alpha value is -1.22. The van der Waals surface area contributed by atoms with Crippen molar-refractivity contribution in [3.05, 3.63) is 35.1 Å². The van der Waals surface area contributed by atoms with Crippen molar-refractivity contribution in [3.8, 4) is 0 Å². The third kappa shape index (κ3) is 2.72. The van der Waals surface area contributed by atoms with Crippen LogP contribution in [-0.4, -0.2) is 11.8 Å². The minimum atomic E-state index is -0.348. The highest BCUT2D eigenvalue weighted by Gasteiger charge is 2.27. The fourth-order valence-corrected chi connectivity index (χ4v) is 2.55. The Bertz CT molecular complexity index is 430. The van der Waals surface area contributed by atoms with Gasteiger partial charge in [-0.1, -0.05) is 12.5 Å². The predicted molar refractivity (Wildman–Crippen MR) is 65.4 cm³/mol. The number of rotatable bonds is 2. The first-order valence-corrected chi connectivity index (χ1v) is 6.14. The lowest BCUT2D eigenvalue weighted by Crippen LogP contribution is -2.31. The lowest BCUT2D eigenvalue weighted by atomic mass is 9.81. The summed E-state index contributed by atoms with van der Waals surface area (Å²) < 4.78 is 13.2. The van der Waals surface area contributed by atoms with Crippen LogP contribution in [0.25, 0.3) is 0 Å². The molecule has 2 N–H and O–H groups in total. The minimum Gasteiger partial charge on any atom is -0.328 e. The molecule has 0 amide bonds. The Labute approximate surface area is 101 Å². The molecule has 1 saturated carbocycles. The van der Waals surface area contributed by atoms with Gasteiger partial charge in [0.2, 0.25) is 0 Å². The maximum Gasteiger partial charge on any atom is 0.166 e. The number of ketones is 1. The minimum absolute atomic E-state index is 0.0285. The average Bonchev–Trinajstić information content (AvgIpc) is 2.31. The third-order valence-corrected chi connectivity index (χ3v) is 3.55. The van der Waals surface area contributed by atoms with E-state index in [-0.39, 0.29) is 23.6 Å². The van der Waals surface area contributed by atoms with Crippen molar-refractivity contribution in [2.24, 2.45) is 11.7 Å². The number of aryl methyl sites for hydroxylation is 1. The first-order chi connectivity index (χ1) is 8.08. The molecule has 17 heavy (non-hydrogen) atoms. The zero-order valence-corrected chi connectivity index (χ0v) is 10.1. The first-order valence-electron chi connectivity index (χ1n) is 6.14. The second-order valence-corrected chi connectivity index (χ2v) is 4.95. The molecule has 0 radical (unpaired) electrons. The van der Waals surface area contributed by atoms with Crippen LogP contribution in [0, 0.1) is 18.7 Å². The fourth-order valence-electron chi connectivity index (χ4n) is 2.55. The number of Topliss-reactive ketones (excluding diaryl/α,β-unsaturated/α-hetero) is 1. The van der Waals surface area contributed by atoms with E-state index in [0.717, 1.165) is 31.2 Å². The van der Waals surface area contributed by atoms with Gasteiger partial charge in [-0.3, -0.25) is 4.79 Å². The number of nitrogens with two attached hydrogens (primary N) is 1. The zero-order chi connectivity index (χ0) is 12.4.